The van der Waals surface area contributed by atoms with Crippen LogP contribution in [0.25, 0.3) is 11.1 Å². The Balaban J connectivity index is 3.06. The lowest BCUT2D eigenvalue weighted by atomic mass is 9.91. The molecule has 0 saturated carbocycles. The third-order valence-corrected chi connectivity index (χ3v) is 4.00. The molecule has 0 radical (unpaired) electrons. The Morgan fingerprint density at radius 2 is 1.04 bits per heavy atom. The molecule has 0 bridgehead atoms. The molecule has 0 aromatic heterocycles. The lowest BCUT2D eigenvalue weighted by molar-refractivity contribution is -0.386. The molecule has 0 atom stereocenters. The van der Waals surface area contributed by atoms with E-state index in [0.717, 1.165) is 12.1 Å². The van der Waals surface area contributed by atoms with E-state index in [9.17, 15) is 29.8 Å². The molecule has 2 rings (SSSR count). The zero-order valence-corrected chi connectivity index (χ0v) is 15.7. The predicted molar refractivity (Wildman–Crippen MR) is 101 cm³/mol. The van der Waals surface area contributed by atoms with Crippen LogP contribution in [0.5, 0.6) is 0 Å². The fraction of sp³-hybridized carbons (Fsp3) is 0.222. The molecular formula is C18H18N4O6. The first-order valence-electron chi connectivity index (χ1n) is 8.06. The molecule has 2 amide bonds. The second-order valence-corrected chi connectivity index (χ2v) is 6.31. The third-order valence-electron chi connectivity index (χ3n) is 4.00. The van der Waals surface area contributed by atoms with Crippen LogP contribution in [0.15, 0.2) is 36.4 Å². The zero-order valence-electron chi connectivity index (χ0n) is 15.7. The molecule has 2 aromatic carbocycles. The van der Waals surface area contributed by atoms with Gasteiger partial charge in [0.15, 0.2) is 0 Å². The van der Waals surface area contributed by atoms with E-state index in [0.29, 0.717) is 0 Å². The van der Waals surface area contributed by atoms with E-state index in [1.54, 1.807) is 0 Å². The van der Waals surface area contributed by atoms with Crippen molar-refractivity contribution >= 4 is 23.2 Å². The summed E-state index contributed by atoms with van der Waals surface area (Å²) >= 11 is 0. The predicted octanol–water partition coefficient (Wildman–Crippen LogP) is 2.57. The highest BCUT2D eigenvalue weighted by molar-refractivity contribution is 6.10. The zero-order chi connectivity index (χ0) is 21.2. The maximum atomic E-state index is 12.6. The van der Waals surface area contributed by atoms with Gasteiger partial charge < -0.3 is 9.80 Å². The van der Waals surface area contributed by atoms with Crippen LogP contribution in [0.3, 0.4) is 0 Å². The fourth-order valence-electron chi connectivity index (χ4n) is 2.75. The van der Waals surface area contributed by atoms with Crippen molar-refractivity contribution in [2.24, 2.45) is 0 Å². The molecule has 0 unspecified atom stereocenters. The van der Waals surface area contributed by atoms with E-state index < -0.39 is 33.0 Å². The van der Waals surface area contributed by atoms with Crippen molar-refractivity contribution in [1.29, 1.82) is 0 Å². The summed E-state index contributed by atoms with van der Waals surface area (Å²) in [5, 5.41) is 23.3. The van der Waals surface area contributed by atoms with Gasteiger partial charge in [-0.2, -0.15) is 0 Å². The first-order valence-corrected chi connectivity index (χ1v) is 8.06. The van der Waals surface area contributed by atoms with Gasteiger partial charge in [-0.05, 0) is 12.1 Å². The number of nitro benzene ring substituents is 2. The van der Waals surface area contributed by atoms with Gasteiger partial charge in [0, 0.05) is 40.3 Å². The summed E-state index contributed by atoms with van der Waals surface area (Å²) in [4.78, 5) is 49.5. The molecule has 0 aliphatic carbocycles. The monoisotopic (exact) mass is 386 g/mol. The highest BCUT2D eigenvalue weighted by Gasteiger charge is 2.33. The standard InChI is InChI=1S/C18H18N4O6/c1-19(2)17(23)11-7-5-9-13(21(25)26)15(11)16-12(18(24)20(3)4)8-6-10-14(16)22(27)28/h5-10H,1-4H3. The van der Waals surface area contributed by atoms with E-state index in [-0.39, 0.29) is 22.3 Å². The average Bonchev–Trinajstić information content (AvgIpc) is 2.65. The Morgan fingerprint density at radius 3 is 1.29 bits per heavy atom. The second-order valence-electron chi connectivity index (χ2n) is 6.31. The van der Waals surface area contributed by atoms with Crippen molar-refractivity contribution < 1.29 is 19.4 Å². The van der Waals surface area contributed by atoms with Gasteiger partial charge in [-0.1, -0.05) is 12.1 Å². The minimum atomic E-state index is -0.734. The van der Waals surface area contributed by atoms with Crippen LogP contribution in [0.4, 0.5) is 11.4 Å². The number of nitrogens with zero attached hydrogens (tertiary/aromatic N) is 4. The van der Waals surface area contributed by atoms with Gasteiger partial charge in [-0.3, -0.25) is 29.8 Å². The summed E-state index contributed by atoms with van der Waals surface area (Å²) in [7, 11) is 5.82. The fourth-order valence-corrected chi connectivity index (χ4v) is 2.75. The Kier molecular flexibility index (Phi) is 5.73. The van der Waals surface area contributed by atoms with Gasteiger partial charge in [0.1, 0.15) is 0 Å². The molecule has 0 N–H and O–H groups in total. The Morgan fingerprint density at radius 1 is 0.714 bits per heavy atom. The van der Waals surface area contributed by atoms with E-state index >= 15 is 0 Å². The molecule has 0 spiro atoms. The SMILES string of the molecule is CN(C)C(=O)c1cccc([N+](=O)[O-])c1-c1c(C(=O)N(C)C)cccc1[N+](=O)[O-]. The summed E-state index contributed by atoms with van der Waals surface area (Å²) in [6.07, 6.45) is 0. The molecule has 146 valence electrons. The number of carbonyl (C=O) groups excluding carboxylic acids is 2. The van der Waals surface area contributed by atoms with Crippen LogP contribution in [0, 0.1) is 20.2 Å². The maximum absolute atomic E-state index is 12.6. The normalized spacial score (nSPS) is 10.3. The third kappa shape index (κ3) is 3.65. The van der Waals surface area contributed by atoms with Gasteiger partial charge in [0.25, 0.3) is 23.2 Å². The molecule has 0 heterocycles. The van der Waals surface area contributed by atoms with Crippen LogP contribution in [0.1, 0.15) is 20.7 Å². The molecule has 0 aliphatic rings. The summed E-state index contributed by atoms with van der Waals surface area (Å²) in [6, 6.07) is 7.60. The minimum absolute atomic E-state index is 0.110. The van der Waals surface area contributed by atoms with Gasteiger partial charge >= 0.3 is 0 Å². The van der Waals surface area contributed by atoms with Gasteiger partial charge in [0.2, 0.25) is 0 Å². The Hall–Kier alpha value is -3.82. The number of nitro groups is 2. The van der Waals surface area contributed by atoms with Crippen molar-refractivity contribution in [1.82, 2.24) is 9.80 Å². The van der Waals surface area contributed by atoms with E-state index in [4.69, 9.17) is 0 Å². The maximum Gasteiger partial charge on any atom is 0.278 e. The highest BCUT2D eigenvalue weighted by Crippen LogP contribution is 2.41. The van der Waals surface area contributed by atoms with Crippen molar-refractivity contribution in [2.75, 3.05) is 28.2 Å². The number of rotatable bonds is 5. The van der Waals surface area contributed by atoms with E-state index in [1.165, 1.54) is 62.3 Å². The van der Waals surface area contributed by atoms with Gasteiger partial charge in [0.05, 0.1) is 32.1 Å². The van der Waals surface area contributed by atoms with Gasteiger partial charge in [-0.15, -0.1) is 0 Å². The smallest absolute Gasteiger partial charge is 0.278 e. The summed E-state index contributed by atoms with van der Waals surface area (Å²) in [5.74, 6) is -1.17. The summed E-state index contributed by atoms with van der Waals surface area (Å²) < 4.78 is 0. The number of hydrogen-bond donors (Lipinski definition) is 0. The highest BCUT2D eigenvalue weighted by atomic mass is 16.6. The lowest BCUT2D eigenvalue weighted by Crippen LogP contribution is -2.25. The largest absolute Gasteiger partial charge is 0.345 e. The Bertz CT molecular complexity index is 905. The first kappa shape index (κ1) is 20.5. The number of amides is 2. The van der Waals surface area contributed by atoms with E-state index in [2.05, 4.69) is 0 Å². The second kappa shape index (κ2) is 7.82. The molecule has 0 fully saturated rings. The molecule has 10 nitrogen and oxygen atoms in total. The molecule has 0 saturated heterocycles. The van der Waals surface area contributed by atoms with Crippen molar-refractivity contribution in [2.45, 2.75) is 0 Å². The molecule has 10 heteroatoms. The van der Waals surface area contributed by atoms with Crippen LogP contribution in [0.2, 0.25) is 0 Å². The number of carbonyl (C=O) groups is 2. The lowest BCUT2D eigenvalue weighted by Gasteiger charge is -2.18. The molecule has 0 aliphatic heterocycles. The van der Waals surface area contributed by atoms with Crippen molar-refractivity contribution in [3.63, 3.8) is 0 Å². The number of benzene rings is 2. The van der Waals surface area contributed by atoms with Crippen molar-refractivity contribution in [3.05, 3.63) is 67.8 Å². The minimum Gasteiger partial charge on any atom is -0.345 e. The topological polar surface area (TPSA) is 127 Å². The first-order chi connectivity index (χ1) is 13.1. The van der Waals surface area contributed by atoms with Crippen LogP contribution < -0.4 is 0 Å². The van der Waals surface area contributed by atoms with Gasteiger partial charge in [-0.25, -0.2) is 0 Å². The molecule has 2 aromatic rings. The van der Waals surface area contributed by atoms with Crippen LogP contribution in [-0.4, -0.2) is 59.7 Å². The quantitative estimate of drug-likeness (QED) is 0.574. The molecule has 28 heavy (non-hydrogen) atoms. The van der Waals surface area contributed by atoms with Crippen molar-refractivity contribution in [3.8, 4) is 11.1 Å². The Labute approximate surface area is 160 Å². The van der Waals surface area contributed by atoms with Crippen LogP contribution >= 0.6 is 0 Å². The van der Waals surface area contributed by atoms with E-state index in [1.807, 2.05) is 0 Å². The molecular weight excluding hydrogens is 368 g/mol. The van der Waals surface area contributed by atoms with Crippen LogP contribution in [-0.2, 0) is 0 Å². The summed E-state index contributed by atoms with van der Waals surface area (Å²) in [6.45, 7) is 0. The average molecular weight is 386 g/mol. The number of hydrogen-bond acceptors (Lipinski definition) is 6. The summed E-state index contributed by atoms with van der Waals surface area (Å²) in [5.41, 5.74) is -1.75.